The number of alkyl halides is 1. The van der Waals surface area contributed by atoms with Crippen LogP contribution >= 0.6 is 11.6 Å². The van der Waals surface area contributed by atoms with Crippen LogP contribution in [-0.4, -0.2) is 10.6 Å². The summed E-state index contributed by atoms with van der Waals surface area (Å²) in [5, 5.41) is 1.09. The van der Waals surface area contributed by atoms with Gasteiger partial charge in [-0.25, -0.2) is 4.98 Å². The van der Waals surface area contributed by atoms with E-state index in [9.17, 15) is 0 Å². The quantitative estimate of drug-likeness (QED) is 0.746. The molecule has 0 saturated carbocycles. The van der Waals surface area contributed by atoms with E-state index >= 15 is 0 Å². The molecule has 0 amide bonds. The summed E-state index contributed by atoms with van der Waals surface area (Å²) in [6.45, 7) is 6.01. The molecule has 0 aliphatic rings. The molecule has 0 atom stereocenters. The van der Waals surface area contributed by atoms with Gasteiger partial charge in [-0.2, -0.15) is 0 Å². The first-order valence-corrected chi connectivity index (χ1v) is 6.17. The lowest BCUT2D eigenvalue weighted by molar-refractivity contribution is 0.124. The van der Waals surface area contributed by atoms with Crippen LogP contribution in [-0.2, 0) is 5.88 Å². The minimum atomic E-state index is -0.251. The third-order valence-electron chi connectivity index (χ3n) is 2.33. The number of hydrogen-bond donors (Lipinski definition) is 0. The zero-order valence-electron chi connectivity index (χ0n) is 10.3. The third-order valence-corrected chi connectivity index (χ3v) is 2.62. The average Bonchev–Trinajstić information content (AvgIpc) is 2.25. The SMILES string of the molecule is CC(C)(C)Oc1cc(CCl)c2ccccc2n1. The maximum Gasteiger partial charge on any atom is 0.214 e. The Labute approximate surface area is 107 Å². The number of pyridine rings is 1. The summed E-state index contributed by atoms with van der Waals surface area (Å²) in [5.74, 6) is 1.09. The number of rotatable bonds is 2. The van der Waals surface area contributed by atoms with E-state index in [1.807, 2.05) is 51.1 Å². The van der Waals surface area contributed by atoms with Gasteiger partial charge in [-0.05, 0) is 32.4 Å². The van der Waals surface area contributed by atoms with Crippen LogP contribution < -0.4 is 4.74 Å². The fourth-order valence-electron chi connectivity index (χ4n) is 1.70. The molecule has 90 valence electrons. The van der Waals surface area contributed by atoms with Crippen LogP contribution in [0.5, 0.6) is 5.88 Å². The first-order valence-electron chi connectivity index (χ1n) is 5.63. The monoisotopic (exact) mass is 249 g/mol. The fourth-order valence-corrected chi connectivity index (χ4v) is 1.92. The van der Waals surface area contributed by atoms with Gasteiger partial charge in [-0.15, -0.1) is 11.6 Å². The molecule has 0 N–H and O–H groups in total. The van der Waals surface area contributed by atoms with E-state index in [0.717, 1.165) is 16.5 Å². The average molecular weight is 250 g/mol. The van der Waals surface area contributed by atoms with Gasteiger partial charge in [-0.3, -0.25) is 0 Å². The van der Waals surface area contributed by atoms with Gasteiger partial charge in [0.1, 0.15) is 5.60 Å². The molecule has 1 aromatic carbocycles. The Kier molecular flexibility index (Phi) is 3.25. The molecule has 2 nitrogen and oxygen atoms in total. The summed E-state index contributed by atoms with van der Waals surface area (Å²) in [6, 6.07) is 9.88. The van der Waals surface area contributed by atoms with Crippen molar-refractivity contribution in [2.75, 3.05) is 0 Å². The number of benzene rings is 1. The second kappa shape index (κ2) is 4.53. The van der Waals surface area contributed by atoms with Crippen LogP contribution in [0.15, 0.2) is 30.3 Å². The maximum atomic E-state index is 5.97. The highest BCUT2D eigenvalue weighted by molar-refractivity contribution is 6.18. The van der Waals surface area contributed by atoms with Crippen LogP contribution in [0, 0.1) is 0 Å². The van der Waals surface area contributed by atoms with E-state index in [0.29, 0.717) is 11.8 Å². The molecule has 0 spiro atoms. The second-order valence-electron chi connectivity index (χ2n) is 4.98. The van der Waals surface area contributed by atoms with Crippen molar-refractivity contribution < 1.29 is 4.74 Å². The van der Waals surface area contributed by atoms with Gasteiger partial charge < -0.3 is 4.74 Å². The minimum absolute atomic E-state index is 0.251. The van der Waals surface area contributed by atoms with E-state index in [2.05, 4.69) is 4.98 Å². The highest BCUT2D eigenvalue weighted by Crippen LogP contribution is 2.25. The normalized spacial score (nSPS) is 11.8. The fraction of sp³-hybridized carbons (Fsp3) is 0.357. The molecule has 0 radical (unpaired) electrons. The van der Waals surface area contributed by atoms with Crippen molar-refractivity contribution in [2.45, 2.75) is 32.3 Å². The molecule has 3 heteroatoms. The third kappa shape index (κ3) is 2.89. The van der Waals surface area contributed by atoms with Crippen molar-refractivity contribution in [3.05, 3.63) is 35.9 Å². The molecule has 2 aromatic rings. The molecule has 2 rings (SSSR count). The van der Waals surface area contributed by atoms with Crippen molar-refractivity contribution in [3.8, 4) is 5.88 Å². The first kappa shape index (κ1) is 12.2. The van der Waals surface area contributed by atoms with Gasteiger partial charge in [0.15, 0.2) is 0 Å². The second-order valence-corrected chi connectivity index (χ2v) is 5.25. The topological polar surface area (TPSA) is 22.1 Å². The number of nitrogens with zero attached hydrogens (tertiary/aromatic N) is 1. The smallest absolute Gasteiger partial charge is 0.214 e. The Hall–Kier alpha value is -1.28. The molecule has 0 aliphatic carbocycles. The van der Waals surface area contributed by atoms with Crippen LogP contribution in [0.2, 0.25) is 0 Å². The molecular weight excluding hydrogens is 234 g/mol. The van der Waals surface area contributed by atoms with E-state index in [1.54, 1.807) is 0 Å². The Morgan fingerprint density at radius 2 is 1.94 bits per heavy atom. The number of fused-ring (bicyclic) bond motifs is 1. The molecular formula is C14H16ClNO. The lowest BCUT2D eigenvalue weighted by atomic mass is 10.1. The number of hydrogen-bond acceptors (Lipinski definition) is 2. The predicted octanol–water partition coefficient (Wildman–Crippen LogP) is 4.15. The van der Waals surface area contributed by atoms with Gasteiger partial charge in [-0.1, -0.05) is 18.2 Å². The summed E-state index contributed by atoms with van der Waals surface area (Å²) in [6.07, 6.45) is 0. The summed E-state index contributed by atoms with van der Waals surface area (Å²) in [4.78, 5) is 4.49. The number of ether oxygens (including phenoxy) is 1. The zero-order valence-corrected chi connectivity index (χ0v) is 11.1. The molecule has 0 aliphatic heterocycles. The van der Waals surface area contributed by atoms with Crippen molar-refractivity contribution in [2.24, 2.45) is 0 Å². The Morgan fingerprint density at radius 3 is 2.59 bits per heavy atom. The van der Waals surface area contributed by atoms with Crippen molar-refractivity contribution >= 4 is 22.5 Å². The molecule has 0 fully saturated rings. The van der Waals surface area contributed by atoms with Gasteiger partial charge in [0.2, 0.25) is 5.88 Å². The summed E-state index contributed by atoms with van der Waals surface area (Å²) >= 11 is 5.97. The van der Waals surface area contributed by atoms with Crippen LogP contribution in [0.3, 0.4) is 0 Å². The lowest BCUT2D eigenvalue weighted by Gasteiger charge is -2.21. The molecule has 17 heavy (non-hydrogen) atoms. The maximum absolute atomic E-state index is 5.97. The molecule has 0 saturated heterocycles. The number of halogens is 1. The summed E-state index contributed by atoms with van der Waals surface area (Å²) < 4.78 is 5.78. The standard InChI is InChI=1S/C14H16ClNO/c1-14(2,3)17-13-8-10(9-15)11-6-4-5-7-12(11)16-13/h4-8H,9H2,1-3H3. The predicted molar refractivity (Wildman–Crippen MR) is 71.7 cm³/mol. The lowest BCUT2D eigenvalue weighted by Crippen LogP contribution is -2.23. The largest absolute Gasteiger partial charge is 0.472 e. The van der Waals surface area contributed by atoms with Crippen LogP contribution in [0.25, 0.3) is 10.9 Å². The van der Waals surface area contributed by atoms with E-state index in [4.69, 9.17) is 16.3 Å². The van der Waals surface area contributed by atoms with Crippen molar-refractivity contribution in [3.63, 3.8) is 0 Å². The van der Waals surface area contributed by atoms with Gasteiger partial charge in [0.05, 0.1) is 5.52 Å². The van der Waals surface area contributed by atoms with E-state index in [-0.39, 0.29) is 5.60 Å². The van der Waals surface area contributed by atoms with E-state index in [1.165, 1.54) is 0 Å². The van der Waals surface area contributed by atoms with E-state index < -0.39 is 0 Å². The van der Waals surface area contributed by atoms with Gasteiger partial charge >= 0.3 is 0 Å². The van der Waals surface area contributed by atoms with Crippen LogP contribution in [0.4, 0.5) is 0 Å². The van der Waals surface area contributed by atoms with Crippen LogP contribution in [0.1, 0.15) is 26.3 Å². The Morgan fingerprint density at radius 1 is 1.24 bits per heavy atom. The highest BCUT2D eigenvalue weighted by atomic mass is 35.5. The first-order chi connectivity index (χ1) is 7.99. The molecule has 1 aromatic heterocycles. The number of aromatic nitrogens is 1. The Balaban J connectivity index is 2.53. The van der Waals surface area contributed by atoms with Gasteiger partial charge in [0.25, 0.3) is 0 Å². The van der Waals surface area contributed by atoms with Gasteiger partial charge in [0, 0.05) is 17.3 Å². The Bertz CT molecular complexity index is 531. The highest BCUT2D eigenvalue weighted by Gasteiger charge is 2.14. The minimum Gasteiger partial charge on any atom is -0.472 e. The molecule has 0 bridgehead atoms. The van der Waals surface area contributed by atoms with Crippen molar-refractivity contribution in [1.29, 1.82) is 0 Å². The summed E-state index contributed by atoms with van der Waals surface area (Å²) in [5.41, 5.74) is 1.72. The molecule has 0 unspecified atom stereocenters. The number of para-hydroxylation sites is 1. The van der Waals surface area contributed by atoms with Crippen molar-refractivity contribution in [1.82, 2.24) is 4.98 Å². The summed E-state index contributed by atoms with van der Waals surface area (Å²) in [7, 11) is 0. The zero-order chi connectivity index (χ0) is 12.5. The molecule has 1 heterocycles.